The third-order valence-electron chi connectivity index (χ3n) is 2.67. The van der Waals surface area contributed by atoms with Gasteiger partial charge in [-0.1, -0.05) is 0 Å². The summed E-state index contributed by atoms with van der Waals surface area (Å²) in [6, 6.07) is 3.12. The lowest BCUT2D eigenvalue weighted by atomic mass is 10.1. The van der Waals surface area contributed by atoms with E-state index in [-0.39, 0.29) is 16.9 Å². The Morgan fingerprint density at radius 3 is 3.00 bits per heavy atom. The normalized spacial score (nSPS) is 21.1. The standard InChI is InChI=1S/C11H16N2O3S/c1-17(14,15)10-5-3-7-13-11(10)16-9-4-2-6-12-8-9/h3,5,7,9,12H,2,4,6,8H2,1H3/t9-/m0/s1. The van der Waals surface area contributed by atoms with Crippen LogP contribution in [0, 0.1) is 0 Å². The molecule has 2 heterocycles. The Labute approximate surface area is 101 Å². The summed E-state index contributed by atoms with van der Waals surface area (Å²) in [4.78, 5) is 4.17. The first-order valence-electron chi connectivity index (χ1n) is 5.60. The molecule has 0 aliphatic carbocycles. The fraction of sp³-hybridized carbons (Fsp3) is 0.545. The summed E-state index contributed by atoms with van der Waals surface area (Å²) in [5.74, 6) is 0.212. The van der Waals surface area contributed by atoms with Gasteiger partial charge >= 0.3 is 0 Å². The van der Waals surface area contributed by atoms with E-state index in [0.29, 0.717) is 0 Å². The van der Waals surface area contributed by atoms with Gasteiger partial charge in [0.15, 0.2) is 9.84 Å². The highest BCUT2D eigenvalue weighted by Crippen LogP contribution is 2.22. The van der Waals surface area contributed by atoms with Crippen LogP contribution in [0.2, 0.25) is 0 Å². The van der Waals surface area contributed by atoms with Gasteiger partial charge in [0.25, 0.3) is 0 Å². The van der Waals surface area contributed by atoms with Gasteiger partial charge in [-0.15, -0.1) is 0 Å². The average molecular weight is 256 g/mol. The molecule has 17 heavy (non-hydrogen) atoms. The molecule has 0 spiro atoms. The topological polar surface area (TPSA) is 68.3 Å². The van der Waals surface area contributed by atoms with Gasteiger partial charge in [0.2, 0.25) is 5.88 Å². The van der Waals surface area contributed by atoms with Gasteiger partial charge in [0.05, 0.1) is 0 Å². The summed E-state index contributed by atoms with van der Waals surface area (Å²) in [6.45, 7) is 1.72. The maximum Gasteiger partial charge on any atom is 0.232 e. The van der Waals surface area contributed by atoms with Gasteiger partial charge in [-0.25, -0.2) is 13.4 Å². The van der Waals surface area contributed by atoms with Crippen LogP contribution in [0.5, 0.6) is 5.88 Å². The Morgan fingerprint density at radius 2 is 2.35 bits per heavy atom. The molecule has 0 radical (unpaired) electrons. The quantitative estimate of drug-likeness (QED) is 0.858. The highest BCUT2D eigenvalue weighted by atomic mass is 32.2. The Hall–Kier alpha value is -1.14. The molecule has 2 rings (SSSR count). The minimum absolute atomic E-state index is 0.000787. The predicted octanol–water partition coefficient (Wildman–Crippen LogP) is 0.616. The van der Waals surface area contributed by atoms with Crippen molar-refractivity contribution < 1.29 is 13.2 Å². The minimum atomic E-state index is -3.29. The Kier molecular flexibility index (Phi) is 3.63. The molecule has 5 nitrogen and oxygen atoms in total. The van der Waals surface area contributed by atoms with E-state index in [4.69, 9.17) is 4.74 Å². The monoisotopic (exact) mass is 256 g/mol. The van der Waals surface area contributed by atoms with Crippen LogP contribution >= 0.6 is 0 Å². The lowest BCUT2D eigenvalue weighted by molar-refractivity contribution is 0.156. The Balaban J connectivity index is 2.20. The maximum atomic E-state index is 11.6. The van der Waals surface area contributed by atoms with Crippen molar-refractivity contribution in [2.45, 2.75) is 23.8 Å². The molecule has 6 heteroatoms. The van der Waals surface area contributed by atoms with Crippen LogP contribution in [0.25, 0.3) is 0 Å². The van der Waals surface area contributed by atoms with Crippen molar-refractivity contribution in [1.29, 1.82) is 0 Å². The Morgan fingerprint density at radius 1 is 1.53 bits per heavy atom. The molecule has 0 amide bonds. The zero-order valence-electron chi connectivity index (χ0n) is 9.72. The van der Waals surface area contributed by atoms with Crippen LogP contribution < -0.4 is 10.1 Å². The van der Waals surface area contributed by atoms with Crippen LogP contribution in [-0.2, 0) is 9.84 Å². The van der Waals surface area contributed by atoms with Gasteiger partial charge in [-0.05, 0) is 31.5 Å². The number of sulfone groups is 1. The summed E-state index contributed by atoms with van der Waals surface area (Å²) < 4.78 is 28.8. The molecule has 1 aliphatic heterocycles. The largest absolute Gasteiger partial charge is 0.472 e. The van der Waals surface area contributed by atoms with Crippen LogP contribution in [0.15, 0.2) is 23.2 Å². The smallest absolute Gasteiger partial charge is 0.232 e. The SMILES string of the molecule is CS(=O)(=O)c1cccnc1O[C@H]1CCCNC1. The number of piperidine rings is 1. The summed E-state index contributed by atoms with van der Waals surface area (Å²) in [6.07, 6.45) is 4.66. The number of aromatic nitrogens is 1. The fourth-order valence-electron chi connectivity index (χ4n) is 1.83. The average Bonchev–Trinajstić information content (AvgIpc) is 2.30. The first-order chi connectivity index (χ1) is 8.07. The second kappa shape index (κ2) is 5.01. The van der Waals surface area contributed by atoms with Crippen molar-refractivity contribution >= 4 is 9.84 Å². The molecular weight excluding hydrogens is 240 g/mol. The van der Waals surface area contributed by atoms with Gasteiger partial charge in [0, 0.05) is 19.0 Å². The van der Waals surface area contributed by atoms with Gasteiger partial charge < -0.3 is 10.1 Å². The van der Waals surface area contributed by atoms with Gasteiger partial charge in [-0.3, -0.25) is 0 Å². The Bertz CT molecular complexity index is 481. The van der Waals surface area contributed by atoms with Crippen LogP contribution in [0.4, 0.5) is 0 Å². The molecule has 0 bridgehead atoms. The van der Waals surface area contributed by atoms with Gasteiger partial charge in [0.1, 0.15) is 11.0 Å². The third kappa shape index (κ3) is 3.17. The molecule has 1 N–H and O–H groups in total. The van der Waals surface area contributed by atoms with E-state index in [9.17, 15) is 8.42 Å². The molecule has 1 aromatic rings. The molecule has 1 aliphatic rings. The molecule has 1 fully saturated rings. The molecular formula is C11H16N2O3S. The van der Waals surface area contributed by atoms with Crippen molar-refractivity contribution in [3.05, 3.63) is 18.3 Å². The third-order valence-corrected chi connectivity index (χ3v) is 3.78. The van der Waals surface area contributed by atoms with E-state index in [2.05, 4.69) is 10.3 Å². The predicted molar refractivity (Wildman–Crippen MR) is 63.9 cm³/mol. The van der Waals surface area contributed by atoms with E-state index >= 15 is 0 Å². The van der Waals surface area contributed by atoms with E-state index in [1.54, 1.807) is 12.3 Å². The summed E-state index contributed by atoms with van der Waals surface area (Å²) in [5.41, 5.74) is 0. The zero-order valence-corrected chi connectivity index (χ0v) is 10.5. The number of rotatable bonds is 3. The summed E-state index contributed by atoms with van der Waals surface area (Å²) >= 11 is 0. The van der Waals surface area contributed by atoms with Crippen molar-refractivity contribution in [3.63, 3.8) is 0 Å². The fourth-order valence-corrected chi connectivity index (χ4v) is 2.57. The van der Waals surface area contributed by atoms with Crippen molar-refractivity contribution in [2.75, 3.05) is 19.3 Å². The molecule has 0 saturated carbocycles. The first-order valence-corrected chi connectivity index (χ1v) is 7.49. The molecule has 1 saturated heterocycles. The van der Waals surface area contributed by atoms with Gasteiger partial charge in [-0.2, -0.15) is 0 Å². The van der Waals surface area contributed by atoms with Crippen molar-refractivity contribution in [1.82, 2.24) is 10.3 Å². The molecule has 0 aromatic carbocycles. The molecule has 0 unspecified atom stereocenters. The van der Waals surface area contributed by atoms with E-state index in [1.165, 1.54) is 6.07 Å². The first kappa shape index (κ1) is 12.3. The van der Waals surface area contributed by atoms with E-state index < -0.39 is 9.84 Å². The van der Waals surface area contributed by atoms with Crippen LogP contribution in [0.1, 0.15) is 12.8 Å². The summed E-state index contributed by atoms with van der Waals surface area (Å²) in [7, 11) is -3.29. The second-order valence-electron chi connectivity index (χ2n) is 4.17. The summed E-state index contributed by atoms with van der Waals surface area (Å²) in [5, 5.41) is 3.21. The lowest BCUT2D eigenvalue weighted by Gasteiger charge is -2.23. The van der Waals surface area contributed by atoms with E-state index in [0.717, 1.165) is 32.2 Å². The second-order valence-corrected chi connectivity index (χ2v) is 6.15. The minimum Gasteiger partial charge on any atom is -0.472 e. The van der Waals surface area contributed by atoms with Crippen LogP contribution in [-0.4, -0.2) is 38.9 Å². The maximum absolute atomic E-state index is 11.6. The van der Waals surface area contributed by atoms with Crippen LogP contribution in [0.3, 0.4) is 0 Å². The number of hydrogen-bond acceptors (Lipinski definition) is 5. The molecule has 1 aromatic heterocycles. The number of nitrogens with zero attached hydrogens (tertiary/aromatic N) is 1. The number of hydrogen-bond donors (Lipinski definition) is 1. The lowest BCUT2D eigenvalue weighted by Crippen LogP contribution is -2.37. The van der Waals surface area contributed by atoms with Crippen molar-refractivity contribution in [3.8, 4) is 5.88 Å². The zero-order chi connectivity index (χ0) is 12.3. The number of ether oxygens (including phenoxy) is 1. The van der Waals surface area contributed by atoms with Crippen molar-refractivity contribution in [2.24, 2.45) is 0 Å². The molecule has 94 valence electrons. The number of pyridine rings is 1. The van der Waals surface area contributed by atoms with E-state index in [1.807, 2.05) is 0 Å². The number of nitrogens with one attached hydrogen (secondary N) is 1. The highest BCUT2D eigenvalue weighted by molar-refractivity contribution is 7.90. The highest BCUT2D eigenvalue weighted by Gasteiger charge is 2.20. The molecule has 1 atom stereocenters.